The molecule has 5 nitrogen and oxygen atoms in total. The molecule has 2 aromatic heterocycles. The molecule has 0 aliphatic carbocycles. The highest BCUT2D eigenvalue weighted by Crippen LogP contribution is 2.28. The van der Waals surface area contributed by atoms with Gasteiger partial charge in [-0.15, -0.1) is 11.8 Å². The van der Waals surface area contributed by atoms with Gasteiger partial charge in [0.15, 0.2) is 11.0 Å². The third-order valence-electron chi connectivity index (χ3n) is 1.94. The Morgan fingerprint density at radius 3 is 3.00 bits per heavy atom. The fraction of sp³-hybridized carbons (Fsp3) is 0.500. The van der Waals surface area contributed by atoms with E-state index in [0.29, 0.717) is 22.7 Å². The van der Waals surface area contributed by atoms with Crippen LogP contribution in [0.2, 0.25) is 0 Å². The highest BCUT2D eigenvalue weighted by molar-refractivity contribution is 8.00. The first kappa shape index (κ1) is 12.4. The van der Waals surface area contributed by atoms with Crippen LogP contribution in [0.15, 0.2) is 14.9 Å². The van der Waals surface area contributed by atoms with Gasteiger partial charge < -0.3 is 10.3 Å². The van der Waals surface area contributed by atoms with Crippen molar-refractivity contribution in [2.45, 2.75) is 30.2 Å². The number of hydrogen-bond acceptors (Lipinski definition) is 7. The molecule has 0 saturated carbocycles. The van der Waals surface area contributed by atoms with E-state index in [4.69, 9.17) is 10.3 Å². The SMILES string of the molecule is CC(C)Cc1nc(CSc2cnc(N)s2)no1. The van der Waals surface area contributed by atoms with Gasteiger partial charge in [-0.2, -0.15) is 4.98 Å². The van der Waals surface area contributed by atoms with Crippen molar-refractivity contribution in [3.63, 3.8) is 0 Å². The Bertz CT molecular complexity index is 480. The largest absolute Gasteiger partial charge is 0.375 e. The van der Waals surface area contributed by atoms with Crippen LogP contribution in [-0.4, -0.2) is 15.1 Å². The van der Waals surface area contributed by atoms with Crippen LogP contribution in [0, 0.1) is 5.92 Å². The number of hydrogen-bond donors (Lipinski definition) is 1. The van der Waals surface area contributed by atoms with Crippen LogP contribution in [0.3, 0.4) is 0 Å². The Kier molecular flexibility index (Phi) is 4.01. The van der Waals surface area contributed by atoms with Crippen LogP contribution in [0.1, 0.15) is 25.6 Å². The molecule has 0 aliphatic rings. The van der Waals surface area contributed by atoms with E-state index in [1.807, 2.05) is 0 Å². The van der Waals surface area contributed by atoms with E-state index in [1.54, 1.807) is 18.0 Å². The second kappa shape index (κ2) is 5.50. The van der Waals surface area contributed by atoms with Crippen molar-refractivity contribution in [2.75, 3.05) is 5.73 Å². The fourth-order valence-corrected chi connectivity index (χ4v) is 2.86. The molecule has 7 heteroatoms. The summed E-state index contributed by atoms with van der Waals surface area (Å²) in [5, 5.41) is 4.52. The van der Waals surface area contributed by atoms with E-state index in [2.05, 4.69) is 29.0 Å². The van der Waals surface area contributed by atoms with Crippen LogP contribution >= 0.6 is 23.1 Å². The van der Waals surface area contributed by atoms with Crippen molar-refractivity contribution in [3.8, 4) is 0 Å². The maximum atomic E-state index is 5.55. The summed E-state index contributed by atoms with van der Waals surface area (Å²) in [6.07, 6.45) is 2.59. The third-order valence-corrected chi connectivity index (χ3v) is 3.96. The Balaban J connectivity index is 1.89. The van der Waals surface area contributed by atoms with E-state index in [9.17, 15) is 0 Å². The minimum Gasteiger partial charge on any atom is -0.375 e. The van der Waals surface area contributed by atoms with Crippen LogP contribution in [-0.2, 0) is 12.2 Å². The monoisotopic (exact) mass is 270 g/mol. The molecule has 0 fully saturated rings. The Morgan fingerprint density at radius 2 is 2.35 bits per heavy atom. The van der Waals surface area contributed by atoms with Crippen molar-refractivity contribution < 1.29 is 4.52 Å². The van der Waals surface area contributed by atoms with Crippen LogP contribution in [0.4, 0.5) is 5.13 Å². The van der Waals surface area contributed by atoms with Gasteiger partial charge in [0.05, 0.1) is 16.2 Å². The maximum absolute atomic E-state index is 5.55. The number of nitrogens with zero attached hydrogens (tertiary/aromatic N) is 3. The van der Waals surface area contributed by atoms with E-state index in [1.165, 1.54) is 11.3 Å². The lowest BCUT2D eigenvalue weighted by molar-refractivity contribution is 0.360. The summed E-state index contributed by atoms with van der Waals surface area (Å²) >= 11 is 3.09. The Hall–Kier alpha value is -1.08. The molecule has 0 saturated heterocycles. The number of thioether (sulfide) groups is 1. The summed E-state index contributed by atoms with van der Waals surface area (Å²) in [6.45, 7) is 4.25. The van der Waals surface area contributed by atoms with Crippen LogP contribution in [0.25, 0.3) is 0 Å². The Labute approximate surface area is 108 Å². The molecule has 0 aromatic carbocycles. The minimum absolute atomic E-state index is 0.525. The van der Waals surface area contributed by atoms with Crippen molar-refractivity contribution in [2.24, 2.45) is 5.92 Å². The van der Waals surface area contributed by atoms with Gasteiger partial charge in [0.25, 0.3) is 0 Å². The van der Waals surface area contributed by atoms with E-state index in [-0.39, 0.29) is 0 Å². The lowest BCUT2D eigenvalue weighted by Gasteiger charge is -1.95. The normalized spacial score (nSPS) is 11.2. The lowest BCUT2D eigenvalue weighted by atomic mass is 10.1. The maximum Gasteiger partial charge on any atom is 0.226 e. The first-order chi connectivity index (χ1) is 8.13. The van der Waals surface area contributed by atoms with Gasteiger partial charge in [-0.05, 0) is 5.92 Å². The molecule has 0 atom stereocenters. The van der Waals surface area contributed by atoms with Crippen LogP contribution < -0.4 is 5.73 Å². The molecule has 2 heterocycles. The average Bonchev–Trinajstić information content (AvgIpc) is 2.84. The van der Waals surface area contributed by atoms with Crippen molar-refractivity contribution >= 4 is 28.2 Å². The average molecular weight is 270 g/mol. The van der Waals surface area contributed by atoms with E-state index in [0.717, 1.165) is 16.5 Å². The summed E-state index contributed by atoms with van der Waals surface area (Å²) in [5.74, 6) is 2.64. The van der Waals surface area contributed by atoms with Gasteiger partial charge in [0.2, 0.25) is 5.89 Å². The number of anilines is 1. The van der Waals surface area contributed by atoms with Gasteiger partial charge >= 0.3 is 0 Å². The molecule has 0 radical (unpaired) electrons. The van der Waals surface area contributed by atoms with Crippen LogP contribution in [0.5, 0.6) is 0 Å². The summed E-state index contributed by atoms with van der Waals surface area (Å²) in [4.78, 5) is 8.31. The predicted molar refractivity (Wildman–Crippen MR) is 68.9 cm³/mol. The number of rotatable bonds is 5. The van der Waals surface area contributed by atoms with Crippen molar-refractivity contribution in [1.29, 1.82) is 0 Å². The number of aromatic nitrogens is 3. The quantitative estimate of drug-likeness (QED) is 0.841. The molecular formula is C10H14N4OS2. The standard InChI is InChI=1S/C10H14N4OS2/c1-6(2)3-8-13-7(14-15-8)5-16-9-4-12-10(11)17-9/h4,6H,3,5H2,1-2H3,(H2,11,12). The number of thiazole rings is 1. The van der Waals surface area contributed by atoms with Crippen molar-refractivity contribution in [1.82, 2.24) is 15.1 Å². The molecule has 0 bridgehead atoms. The molecule has 0 amide bonds. The predicted octanol–water partition coefficient (Wildman–Crippen LogP) is 2.60. The summed E-state index contributed by atoms with van der Waals surface area (Å²) in [6, 6.07) is 0. The fourth-order valence-electron chi connectivity index (χ4n) is 1.26. The van der Waals surface area contributed by atoms with Gasteiger partial charge in [-0.3, -0.25) is 0 Å². The topological polar surface area (TPSA) is 77.8 Å². The van der Waals surface area contributed by atoms with Crippen molar-refractivity contribution in [3.05, 3.63) is 17.9 Å². The molecule has 2 N–H and O–H groups in total. The summed E-state index contributed by atoms with van der Waals surface area (Å²) < 4.78 is 6.23. The molecule has 0 spiro atoms. The number of nitrogen functional groups attached to an aromatic ring is 1. The highest BCUT2D eigenvalue weighted by atomic mass is 32.2. The third kappa shape index (κ3) is 3.71. The van der Waals surface area contributed by atoms with Gasteiger partial charge in [-0.25, -0.2) is 4.98 Å². The first-order valence-electron chi connectivity index (χ1n) is 5.29. The zero-order chi connectivity index (χ0) is 12.3. The lowest BCUT2D eigenvalue weighted by Crippen LogP contribution is -1.94. The minimum atomic E-state index is 0.525. The zero-order valence-electron chi connectivity index (χ0n) is 9.71. The van der Waals surface area contributed by atoms with E-state index < -0.39 is 0 Å². The molecular weight excluding hydrogens is 256 g/mol. The summed E-state index contributed by atoms with van der Waals surface area (Å²) in [5.41, 5.74) is 5.55. The molecule has 2 aromatic rings. The second-order valence-electron chi connectivity index (χ2n) is 4.01. The number of nitrogens with two attached hydrogens (primary N) is 1. The Morgan fingerprint density at radius 1 is 1.53 bits per heavy atom. The molecule has 92 valence electrons. The second-order valence-corrected chi connectivity index (χ2v) is 6.35. The molecule has 0 unspecified atom stereocenters. The molecule has 17 heavy (non-hydrogen) atoms. The van der Waals surface area contributed by atoms with E-state index >= 15 is 0 Å². The first-order valence-corrected chi connectivity index (χ1v) is 7.09. The highest BCUT2D eigenvalue weighted by Gasteiger charge is 2.09. The van der Waals surface area contributed by atoms with Gasteiger partial charge in [0.1, 0.15) is 0 Å². The van der Waals surface area contributed by atoms with Gasteiger partial charge in [-0.1, -0.05) is 30.3 Å². The summed E-state index contributed by atoms with van der Waals surface area (Å²) in [7, 11) is 0. The smallest absolute Gasteiger partial charge is 0.226 e. The van der Waals surface area contributed by atoms with Gasteiger partial charge in [0, 0.05) is 6.42 Å². The molecule has 2 rings (SSSR count). The molecule has 0 aliphatic heterocycles. The zero-order valence-corrected chi connectivity index (χ0v) is 11.3.